The van der Waals surface area contributed by atoms with Gasteiger partial charge in [0.05, 0.1) is 32.9 Å². The minimum absolute atomic E-state index is 0.00794. The van der Waals surface area contributed by atoms with Crippen molar-refractivity contribution < 1.29 is 27.3 Å². The number of likely N-dealkylation sites (tertiary alicyclic amines) is 1. The number of nitrogens with one attached hydrogen (secondary N) is 1. The van der Waals surface area contributed by atoms with Crippen molar-refractivity contribution in [1.29, 1.82) is 0 Å². The SMILES string of the molecule is C=S1(=O)NC(=O)c2ccc3c(c2)N(C[C@@H]2CC[C@H]2[C@](O)(CN2CC[C@@H](S(C)(=O)=O)C2)CCC[C@H](C)[C@H]1C)C[C@@]1(CCCc2cc(Cl)ccc21)CO3. The number of aryl methyl sites for hydroxylation is 1. The Labute approximate surface area is 309 Å². The summed E-state index contributed by atoms with van der Waals surface area (Å²) in [6.07, 6.45) is 8.72. The Morgan fingerprint density at radius 1 is 1.08 bits per heavy atom. The van der Waals surface area contributed by atoms with Gasteiger partial charge in [-0.3, -0.25) is 14.4 Å². The van der Waals surface area contributed by atoms with Crippen LogP contribution in [0.3, 0.4) is 0 Å². The molecule has 1 unspecified atom stereocenters. The number of fused-ring (bicyclic) bond motifs is 4. The molecule has 1 saturated carbocycles. The molecule has 2 aromatic rings. The Bertz CT molecular complexity index is 1890. The lowest BCUT2D eigenvalue weighted by Gasteiger charge is -2.51. The van der Waals surface area contributed by atoms with Gasteiger partial charge >= 0.3 is 0 Å². The number of nitrogens with zero attached hydrogens (tertiary/aromatic N) is 2. The second-order valence-corrected chi connectivity index (χ2v) is 21.7. The van der Waals surface area contributed by atoms with Crippen LogP contribution in [0.25, 0.3) is 0 Å². The largest absolute Gasteiger partial charge is 0.490 e. The van der Waals surface area contributed by atoms with E-state index in [9.17, 15) is 22.5 Å². The minimum Gasteiger partial charge on any atom is -0.490 e. The lowest BCUT2D eigenvalue weighted by Crippen LogP contribution is -2.56. The van der Waals surface area contributed by atoms with Crippen molar-refractivity contribution in [2.45, 2.75) is 93.2 Å². The summed E-state index contributed by atoms with van der Waals surface area (Å²) < 4.78 is 48.3. The van der Waals surface area contributed by atoms with E-state index in [4.69, 9.17) is 16.3 Å². The second kappa shape index (κ2) is 13.8. The molecule has 5 aliphatic rings. The molecule has 2 fully saturated rings. The number of rotatable bonds is 3. The number of ether oxygens (including phenoxy) is 1. The van der Waals surface area contributed by atoms with Gasteiger partial charge in [0.1, 0.15) is 5.75 Å². The average molecular weight is 760 g/mol. The molecule has 0 aromatic heterocycles. The van der Waals surface area contributed by atoms with E-state index in [0.29, 0.717) is 63.5 Å². The Morgan fingerprint density at radius 2 is 1.88 bits per heavy atom. The summed E-state index contributed by atoms with van der Waals surface area (Å²) in [4.78, 5) is 18.3. The number of carbonyl (C=O) groups is 1. The summed E-state index contributed by atoms with van der Waals surface area (Å²) in [5, 5.41) is 12.7. The van der Waals surface area contributed by atoms with Crippen LogP contribution >= 0.6 is 11.6 Å². The fraction of sp³-hybridized carbons (Fsp3) is 0.641. The van der Waals surface area contributed by atoms with Crippen LogP contribution in [0, 0.1) is 17.8 Å². The maximum atomic E-state index is 13.9. The zero-order valence-electron chi connectivity index (χ0n) is 30.2. The molecule has 2 N–H and O–H groups in total. The van der Waals surface area contributed by atoms with E-state index in [1.165, 1.54) is 17.4 Å². The summed E-state index contributed by atoms with van der Waals surface area (Å²) in [6.45, 7) is 7.32. The third-order valence-corrected chi connectivity index (χ3v) is 17.2. The molecule has 280 valence electrons. The Balaban J connectivity index is 1.28. The van der Waals surface area contributed by atoms with Crippen molar-refractivity contribution in [3.63, 3.8) is 0 Å². The molecule has 1 amide bonds. The maximum absolute atomic E-state index is 13.9. The molecular weight excluding hydrogens is 706 g/mol. The molecule has 0 radical (unpaired) electrons. The highest BCUT2D eigenvalue weighted by Gasteiger charge is 2.50. The Hall–Kier alpha value is -2.31. The topological polar surface area (TPSA) is 116 Å². The number of β-amino-alcohol motifs (C(OH)–C–C–N with tert-alkyl or cyclic N) is 1. The Kier molecular flexibility index (Phi) is 10.0. The summed E-state index contributed by atoms with van der Waals surface area (Å²) in [6, 6.07) is 11.7. The Morgan fingerprint density at radius 3 is 2.61 bits per heavy atom. The van der Waals surface area contributed by atoms with Crippen molar-refractivity contribution >= 4 is 48.6 Å². The number of benzene rings is 2. The van der Waals surface area contributed by atoms with Crippen molar-refractivity contribution in [3.05, 3.63) is 58.1 Å². The first-order valence-corrected chi connectivity index (χ1v) is 22.8. The fourth-order valence-electron chi connectivity index (χ4n) is 9.74. The fourth-order valence-corrected chi connectivity index (χ4v) is 12.5. The standard InChI is InChI=1S/C39H54ClN3O6S2/c1-26-7-5-17-39(45,24-42-18-15-32(22-42)51(4,47)48)34-12-9-30(34)21-43-23-38(16-6-8-28-19-31(40)11-13-33(28)38)25-49-36-14-10-29(20-35(36)43)37(44)41-50(3,46)27(26)2/h10-11,13-14,19-20,26-27,30,32,34,45H,3,5-9,12,15-18,21-25H2,1-2,4H3,(H,41,44,46)/t26-,27+,30-,32+,34+,38-,39+,50?/m0/s1. The molecule has 3 aliphatic heterocycles. The van der Waals surface area contributed by atoms with Crippen LogP contribution in [0.15, 0.2) is 36.4 Å². The van der Waals surface area contributed by atoms with Crippen LogP contribution < -0.4 is 14.4 Å². The first-order valence-electron chi connectivity index (χ1n) is 18.7. The van der Waals surface area contributed by atoms with Gasteiger partial charge < -0.3 is 14.7 Å². The third-order valence-electron chi connectivity index (χ3n) is 13.1. The number of hydrogen-bond acceptors (Lipinski definition) is 8. The first kappa shape index (κ1) is 37.0. The predicted molar refractivity (Wildman–Crippen MR) is 206 cm³/mol. The molecule has 3 heterocycles. The summed E-state index contributed by atoms with van der Waals surface area (Å²) in [5.41, 5.74) is 2.45. The van der Waals surface area contributed by atoms with E-state index in [1.54, 1.807) is 6.07 Å². The highest BCUT2D eigenvalue weighted by molar-refractivity contribution is 7.99. The molecular formula is C39H54ClN3O6S2. The van der Waals surface area contributed by atoms with E-state index in [2.05, 4.69) is 32.5 Å². The van der Waals surface area contributed by atoms with Crippen LogP contribution in [0.4, 0.5) is 5.69 Å². The van der Waals surface area contributed by atoms with E-state index in [1.807, 2.05) is 32.0 Å². The molecule has 1 spiro atoms. The van der Waals surface area contributed by atoms with E-state index in [0.717, 1.165) is 55.7 Å². The number of halogens is 1. The van der Waals surface area contributed by atoms with Gasteiger partial charge in [-0.1, -0.05) is 31.0 Å². The number of carbonyl (C=O) groups excluding carboxylic acids is 1. The number of anilines is 1. The van der Waals surface area contributed by atoms with E-state index in [-0.39, 0.29) is 28.4 Å². The molecule has 8 atom stereocenters. The number of hydrogen-bond donors (Lipinski definition) is 2. The van der Waals surface area contributed by atoms with Gasteiger partial charge in [0.15, 0.2) is 9.84 Å². The predicted octanol–water partition coefficient (Wildman–Crippen LogP) is 5.26. The number of amides is 1. The first-order chi connectivity index (χ1) is 24.1. The summed E-state index contributed by atoms with van der Waals surface area (Å²) >= 11 is 6.47. The quantitative estimate of drug-likeness (QED) is 0.408. The zero-order valence-corrected chi connectivity index (χ0v) is 32.6. The highest BCUT2D eigenvalue weighted by Crippen LogP contribution is 2.49. The van der Waals surface area contributed by atoms with Gasteiger partial charge in [-0.05, 0) is 130 Å². The molecule has 51 heavy (non-hydrogen) atoms. The number of sulfone groups is 1. The average Bonchev–Trinajstić information content (AvgIpc) is 3.47. The molecule has 2 bridgehead atoms. The molecule has 9 nitrogen and oxygen atoms in total. The summed E-state index contributed by atoms with van der Waals surface area (Å²) in [7, 11) is -6.16. The lowest BCUT2D eigenvalue weighted by molar-refractivity contribution is -0.103. The van der Waals surface area contributed by atoms with Crippen LogP contribution in [-0.2, 0) is 31.4 Å². The second-order valence-electron chi connectivity index (χ2n) is 16.5. The van der Waals surface area contributed by atoms with E-state index >= 15 is 0 Å². The van der Waals surface area contributed by atoms with Crippen molar-refractivity contribution in [2.24, 2.45) is 17.8 Å². The molecule has 12 heteroatoms. The van der Waals surface area contributed by atoms with Crippen molar-refractivity contribution in [1.82, 2.24) is 9.62 Å². The third kappa shape index (κ3) is 7.31. The highest BCUT2D eigenvalue weighted by atomic mass is 35.5. The maximum Gasteiger partial charge on any atom is 0.262 e. The van der Waals surface area contributed by atoms with Crippen LogP contribution in [0.5, 0.6) is 5.75 Å². The zero-order chi connectivity index (χ0) is 36.3. The van der Waals surface area contributed by atoms with Gasteiger partial charge in [0, 0.05) is 53.7 Å². The molecule has 7 rings (SSSR count). The van der Waals surface area contributed by atoms with Crippen LogP contribution in [0.2, 0.25) is 5.02 Å². The van der Waals surface area contributed by atoms with Gasteiger partial charge in [-0.25, -0.2) is 12.6 Å². The minimum atomic E-state index is -3.17. The monoisotopic (exact) mass is 759 g/mol. The molecule has 2 aromatic carbocycles. The number of aliphatic hydroxyl groups is 1. The van der Waals surface area contributed by atoms with E-state index < -0.39 is 36.3 Å². The van der Waals surface area contributed by atoms with Gasteiger partial charge in [-0.2, -0.15) is 0 Å². The molecule has 1 saturated heterocycles. The van der Waals surface area contributed by atoms with Gasteiger partial charge in [-0.15, -0.1) is 0 Å². The van der Waals surface area contributed by atoms with Crippen molar-refractivity contribution in [3.8, 4) is 5.75 Å². The van der Waals surface area contributed by atoms with Crippen LogP contribution in [-0.4, -0.2) is 96.1 Å². The lowest BCUT2D eigenvalue weighted by atomic mass is 9.62. The normalized spacial score (nSPS) is 36.3. The van der Waals surface area contributed by atoms with Crippen molar-refractivity contribution in [2.75, 3.05) is 50.5 Å². The summed E-state index contributed by atoms with van der Waals surface area (Å²) in [5.74, 6) is 4.53. The van der Waals surface area contributed by atoms with Gasteiger partial charge in [0.2, 0.25) is 0 Å². The smallest absolute Gasteiger partial charge is 0.262 e. The molecule has 2 aliphatic carbocycles. The van der Waals surface area contributed by atoms with Crippen LogP contribution in [0.1, 0.15) is 86.7 Å². The van der Waals surface area contributed by atoms with Gasteiger partial charge in [0.25, 0.3) is 5.91 Å².